The van der Waals surface area contributed by atoms with Crippen LogP contribution in [0.15, 0.2) is 0 Å². The normalized spacial score (nSPS) is 14.4. The summed E-state index contributed by atoms with van der Waals surface area (Å²) in [5, 5.41) is 3.18. The molecule has 0 fully saturated rings. The van der Waals surface area contributed by atoms with Crippen LogP contribution in [0.2, 0.25) is 0 Å². The number of unbranched alkanes of at least 4 members (excludes halogenated alkanes) is 2. The minimum absolute atomic E-state index is 0.328. The minimum Gasteiger partial charge on any atom is -0.361 e. The van der Waals surface area contributed by atoms with Crippen molar-refractivity contribution in [3.05, 3.63) is 0 Å². The predicted molar refractivity (Wildman–Crippen MR) is 107 cm³/mol. The maximum absolute atomic E-state index is 5.78. The Morgan fingerprint density at radius 2 is 1.43 bits per heavy atom. The summed E-state index contributed by atoms with van der Waals surface area (Å²) in [7, 11) is 0.844. The monoisotopic (exact) mass is 363 g/mol. The topological polar surface area (TPSA) is 30.5 Å². The zero-order valence-electron chi connectivity index (χ0n) is 15.7. The molecule has 4 unspecified atom stereocenters. The van der Waals surface area contributed by atoms with Crippen LogP contribution in [0.5, 0.6) is 0 Å². The molecule has 0 aromatic rings. The van der Waals surface area contributed by atoms with Crippen LogP contribution in [0.25, 0.3) is 0 Å². The van der Waals surface area contributed by atoms with Crippen molar-refractivity contribution < 1.29 is 9.05 Å². The predicted octanol–water partition coefficient (Wildman–Crippen LogP) is 6.10. The molecule has 0 heterocycles. The number of nitrogens with one attached hydrogen (secondary N) is 1. The zero-order chi connectivity index (χ0) is 17.2. The van der Waals surface area contributed by atoms with Crippen LogP contribution in [0.4, 0.5) is 0 Å². The van der Waals surface area contributed by atoms with Crippen LogP contribution in [0.1, 0.15) is 79.1 Å². The molecule has 4 atom stereocenters. The van der Waals surface area contributed by atoms with Gasteiger partial charge in [-0.15, -0.1) is 0 Å². The lowest BCUT2D eigenvalue weighted by atomic mass is 10.0. The van der Waals surface area contributed by atoms with Crippen LogP contribution in [0.3, 0.4) is 0 Å². The lowest BCUT2D eigenvalue weighted by molar-refractivity contribution is 0.259. The fraction of sp³-hybridized carbons (Fsp3) is 0.944. The van der Waals surface area contributed by atoms with E-state index in [2.05, 4.69) is 38.8 Å². The van der Waals surface area contributed by atoms with Gasteiger partial charge in [0.1, 0.15) is 0 Å². The first-order valence-corrected chi connectivity index (χ1v) is 11.5. The third-order valence-corrected chi connectivity index (χ3v) is 5.48. The first-order valence-electron chi connectivity index (χ1n) is 9.47. The van der Waals surface area contributed by atoms with Gasteiger partial charge in [-0.1, -0.05) is 66.2 Å². The van der Waals surface area contributed by atoms with E-state index in [1.165, 1.54) is 51.4 Å². The summed E-state index contributed by atoms with van der Waals surface area (Å²) in [6.07, 6.45) is 11.1. The minimum atomic E-state index is 0.328. The van der Waals surface area contributed by atoms with Crippen LogP contribution in [-0.4, -0.2) is 19.5 Å². The van der Waals surface area contributed by atoms with Crippen molar-refractivity contribution in [2.45, 2.75) is 79.1 Å². The SMILES string of the molecule is CCCCC(CC)COPCNC#[PH]OCC(CC)CCCC. The van der Waals surface area contributed by atoms with Crippen molar-refractivity contribution >= 4 is 17.1 Å². The van der Waals surface area contributed by atoms with Crippen molar-refractivity contribution in [3.63, 3.8) is 0 Å². The third kappa shape index (κ3) is 15.6. The summed E-state index contributed by atoms with van der Waals surface area (Å²) in [5.74, 6) is 4.58. The lowest BCUT2D eigenvalue weighted by Crippen LogP contribution is -2.08. The van der Waals surface area contributed by atoms with Gasteiger partial charge in [0, 0.05) is 23.4 Å². The van der Waals surface area contributed by atoms with Crippen molar-refractivity contribution in [2.75, 3.05) is 19.5 Å². The van der Waals surface area contributed by atoms with E-state index in [9.17, 15) is 0 Å². The number of rotatable bonds is 15. The fourth-order valence-electron chi connectivity index (χ4n) is 2.34. The molecule has 5 heteroatoms. The van der Waals surface area contributed by atoms with Crippen LogP contribution >= 0.6 is 17.1 Å². The van der Waals surface area contributed by atoms with Gasteiger partial charge in [-0.25, -0.2) is 5.32 Å². The number of hydrogen-bond acceptors (Lipinski definition) is 3. The molecule has 138 valence electrons. The molecule has 0 aliphatic rings. The molecule has 23 heavy (non-hydrogen) atoms. The van der Waals surface area contributed by atoms with E-state index in [1.54, 1.807) is 0 Å². The molecule has 0 aliphatic carbocycles. The molecule has 1 N–H and O–H groups in total. The Morgan fingerprint density at radius 3 is 1.96 bits per heavy atom. The molecular formula is C18H39NO2P2. The second-order valence-corrected chi connectivity index (χ2v) is 7.85. The first kappa shape index (κ1) is 23.4. The van der Waals surface area contributed by atoms with Gasteiger partial charge in [0.05, 0.1) is 13.2 Å². The van der Waals surface area contributed by atoms with E-state index in [-0.39, 0.29) is 0 Å². The number of hydrogen-bond donors (Lipinski definition) is 1. The smallest absolute Gasteiger partial charge is 0.0598 e. The Hall–Kier alpha value is 0.390. The van der Waals surface area contributed by atoms with E-state index < -0.39 is 0 Å². The molecule has 0 aliphatic heterocycles. The molecule has 0 spiro atoms. The fourth-order valence-corrected chi connectivity index (χ4v) is 3.68. The Kier molecular flexibility index (Phi) is 19.0. The highest BCUT2D eigenvalue weighted by molar-refractivity contribution is 7.32. The van der Waals surface area contributed by atoms with E-state index in [0.29, 0.717) is 23.0 Å². The van der Waals surface area contributed by atoms with Gasteiger partial charge in [-0.05, 0) is 30.4 Å². The average Bonchev–Trinajstić information content (AvgIpc) is 2.58. The van der Waals surface area contributed by atoms with E-state index >= 15 is 0 Å². The molecule has 0 aromatic carbocycles. The first-order chi connectivity index (χ1) is 11.3. The molecule has 0 radical (unpaired) electrons. The van der Waals surface area contributed by atoms with Gasteiger partial charge in [0.15, 0.2) is 0 Å². The highest BCUT2D eigenvalue weighted by Crippen LogP contribution is 2.18. The van der Waals surface area contributed by atoms with Crippen LogP contribution in [-0.2, 0) is 9.05 Å². The summed E-state index contributed by atoms with van der Waals surface area (Å²) in [6, 6.07) is 0. The lowest BCUT2D eigenvalue weighted by Gasteiger charge is -2.14. The molecule has 3 nitrogen and oxygen atoms in total. The van der Waals surface area contributed by atoms with Gasteiger partial charge in [0.25, 0.3) is 0 Å². The quantitative estimate of drug-likeness (QED) is 0.216. The van der Waals surface area contributed by atoms with E-state index in [4.69, 9.17) is 9.05 Å². The van der Waals surface area contributed by atoms with Gasteiger partial charge >= 0.3 is 0 Å². The zero-order valence-corrected chi connectivity index (χ0v) is 17.7. The molecule has 0 bridgehead atoms. The maximum Gasteiger partial charge on any atom is 0.0598 e. The highest BCUT2D eigenvalue weighted by Gasteiger charge is 2.05. The Morgan fingerprint density at radius 1 is 0.870 bits per heavy atom. The van der Waals surface area contributed by atoms with Crippen molar-refractivity contribution in [1.82, 2.24) is 5.32 Å². The van der Waals surface area contributed by atoms with Crippen molar-refractivity contribution in [3.8, 4) is 5.75 Å². The highest BCUT2D eigenvalue weighted by atomic mass is 31.1. The van der Waals surface area contributed by atoms with Crippen molar-refractivity contribution in [1.29, 1.82) is 0 Å². The van der Waals surface area contributed by atoms with Gasteiger partial charge in [-0.2, -0.15) is 0 Å². The largest absolute Gasteiger partial charge is 0.361 e. The molecule has 0 saturated carbocycles. The molecule has 0 aromatic heterocycles. The van der Waals surface area contributed by atoms with Crippen LogP contribution in [0, 0.1) is 17.6 Å². The van der Waals surface area contributed by atoms with Crippen LogP contribution < -0.4 is 5.32 Å². The summed E-state index contributed by atoms with van der Waals surface area (Å²) in [4.78, 5) is 0. The van der Waals surface area contributed by atoms with E-state index in [1.807, 2.05) is 0 Å². The summed E-state index contributed by atoms with van der Waals surface area (Å²) < 4.78 is 11.5. The molecule has 0 amide bonds. The Labute approximate surface area is 148 Å². The molecule has 0 saturated heterocycles. The summed E-state index contributed by atoms with van der Waals surface area (Å²) in [6.45, 7) is 10.8. The Balaban J connectivity index is 3.54. The second-order valence-electron chi connectivity index (χ2n) is 6.18. The van der Waals surface area contributed by atoms with Gasteiger partial charge in [0.2, 0.25) is 0 Å². The molecular weight excluding hydrogens is 324 g/mol. The summed E-state index contributed by atoms with van der Waals surface area (Å²) >= 11 is 0. The Bertz CT molecular complexity index is 305. The average molecular weight is 363 g/mol. The van der Waals surface area contributed by atoms with Gasteiger partial charge < -0.3 is 9.05 Å². The third-order valence-electron chi connectivity index (χ3n) is 4.20. The molecule has 0 rings (SSSR count). The van der Waals surface area contributed by atoms with Crippen molar-refractivity contribution in [2.24, 2.45) is 11.8 Å². The van der Waals surface area contributed by atoms with E-state index in [0.717, 1.165) is 25.4 Å². The van der Waals surface area contributed by atoms with Gasteiger partial charge in [-0.3, -0.25) is 0 Å². The summed E-state index contributed by atoms with van der Waals surface area (Å²) in [5.41, 5.74) is 0. The second kappa shape index (κ2) is 18.7. The maximum atomic E-state index is 5.78. The standard InChI is InChI=1S/C18H39NO2P2/c1-5-9-11-17(7-3)13-20-22-15-19-16-23-21-14-18(8-4)12-10-6-2/h17-19,22-23H,5-15H2,1-4H3.